The van der Waals surface area contributed by atoms with Crippen LogP contribution < -0.4 is 5.73 Å². The lowest BCUT2D eigenvalue weighted by Crippen LogP contribution is -2.46. The van der Waals surface area contributed by atoms with Gasteiger partial charge in [-0.15, -0.1) is 11.3 Å². The van der Waals surface area contributed by atoms with E-state index in [1.165, 1.54) is 17.4 Å². The Kier molecular flexibility index (Phi) is 3.92. The molecule has 130 valence electrons. The summed E-state index contributed by atoms with van der Waals surface area (Å²) in [7, 11) is 0. The number of hydrogen-bond donors (Lipinski definition) is 1. The van der Waals surface area contributed by atoms with Crippen molar-refractivity contribution in [1.82, 2.24) is 9.88 Å². The molecular weight excluding hydrogens is 409 g/mol. The molecule has 25 heavy (non-hydrogen) atoms. The molecule has 0 radical (unpaired) electrons. The third-order valence-corrected chi connectivity index (χ3v) is 6.45. The van der Waals surface area contributed by atoms with Crippen molar-refractivity contribution >= 4 is 39.1 Å². The van der Waals surface area contributed by atoms with Crippen molar-refractivity contribution in [3.8, 4) is 10.4 Å². The minimum atomic E-state index is -0.549. The van der Waals surface area contributed by atoms with E-state index in [0.717, 1.165) is 11.4 Å². The van der Waals surface area contributed by atoms with Crippen LogP contribution in [0.4, 0.5) is 4.39 Å². The van der Waals surface area contributed by atoms with Gasteiger partial charge in [0.1, 0.15) is 17.6 Å². The van der Waals surface area contributed by atoms with Crippen molar-refractivity contribution in [2.45, 2.75) is 19.4 Å². The van der Waals surface area contributed by atoms with Gasteiger partial charge in [-0.3, -0.25) is 9.59 Å². The van der Waals surface area contributed by atoms with Crippen LogP contribution in [0.25, 0.3) is 10.4 Å². The zero-order chi connectivity index (χ0) is 17.9. The first-order valence-corrected chi connectivity index (χ1v) is 9.51. The summed E-state index contributed by atoms with van der Waals surface area (Å²) in [5, 5.41) is 0.735. The van der Waals surface area contributed by atoms with E-state index in [9.17, 15) is 14.0 Å². The lowest BCUT2D eigenvalue weighted by atomic mass is 10.1. The molecule has 3 atom stereocenters. The van der Waals surface area contributed by atoms with Gasteiger partial charge in [-0.1, -0.05) is 6.07 Å². The second kappa shape index (κ2) is 5.88. The lowest BCUT2D eigenvalue weighted by Gasteiger charge is -2.24. The molecule has 5 nitrogen and oxygen atoms in total. The number of likely N-dealkylation sites (tertiary alicyclic amines) is 1. The van der Waals surface area contributed by atoms with Gasteiger partial charge in [0.2, 0.25) is 5.91 Å². The molecule has 0 bridgehead atoms. The molecule has 4 rings (SSSR count). The number of fused-ring (bicyclic) bond motifs is 1. The van der Waals surface area contributed by atoms with Crippen molar-refractivity contribution in [2.75, 3.05) is 6.54 Å². The van der Waals surface area contributed by atoms with E-state index in [4.69, 9.17) is 5.73 Å². The molecule has 2 heterocycles. The molecular formula is C17H15BrFN3O2S. The fourth-order valence-electron chi connectivity index (χ4n) is 3.58. The molecule has 1 aliphatic carbocycles. The summed E-state index contributed by atoms with van der Waals surface area (Å²) in [4.78, 5) is 31.5. The van der Waals surface area contributed by atoms with E-state index in [1.54, 1.807) is 17.0 Å². The number of nitrogens with two attached hydrogens (primary N) is 1. The average molecular weight is 424 g/mol. The van der Waals surface area contributed by atoms with Crippen LogP contribution in [0.3, 0.4) is 0 Å². The average Bonchev–Trinajstić information content (AvgIpc) is 3.03. The molecule has 1 unspecified atom stereocenters. The van der Waals surface area contributed by atoms with Gasteiger partial charge in [-0.05, 0) is 58.8 Å². The van der Waals surface area contributed by atoms with Crippen LogP contribution in [0.15, 0.2) is 22.7 Å². The molecule has 2 aromatic rings. The summed E-state index contributed by atoms with van der Waals surface area (Å²) in [6, 6.07) is 4.05. The van der Waals surface area contributed by atoms with Gasteiger partial charge in [0, 0.05) is 6.54 Å². The molecule has 2 amide bonds. The Labute approximate surface area is 156 Å². The Morgan fingerprint density at radius 3 is 2.88 bits per heavy atom. The quantitative estimate of drug-likeness (QED) is 0.823. The molecule has 0 spiro atoms. The molecule has 1 aliphatic heterocycles. The van der Waals surface area contributed by atoms with Gasteiger partial charge in [0.15, 0.2) is 0 Å². The number of halogens is 2. The van der Waals surface area contributed by atoms with Crippen LogP contribution >= 0.6 is 27.3 Å². The molecule has 1 aromatic heterocycles. The Morgan fingerprint density at radius 1 is 1.44 bits per heavy atom. The number of benzene rings is 1. The van der Waals surface area contributed by atoms with Gasteiger partial charge in [0.05, 0.1) is 14.4 Å². The largest absolute Gasteiger partial charge is 0.368 e. The van der Waals surface area contributed by atoms with E-state index in [2.05, 4.69) is 20.9 Å². The Balaban J connectivity index is 1.72. The summed E-state index contributed by atoms with van der Waals surface area (Å²) in [6.45, 7) is 2.36. The number of aromatic nitrogens is 1. The normalized spacial score (nSPS) is 24.3. The molecule has 1 aromatic carbocycles. The zero-order valence-corrected chi connectivity index (χ0v) is 15.7. The number of amides is 2. The molecule has 1 saturated carbocycles. The van der Waals surface area contributed by atoms with E-state index in [1.807, 2.05) is 6.92 Å². The van der Waals surface area contributed by atoms with Gasteiger partial charge in [-0.25, -0.2) is 9.37 Å². The predicted molar refractivity (Wildman–Crippen MR) is 95.6 cm³/mol. The van der Waals surface area contributed by atoms with Crippen molar-refractivity contribution in [3.63, 3.8) is 0 Å². The molecule has 2 fully saturated rings. The summed E-state index contributed by atoms with van der Waals surface area (Å²) in [5.74, 6) is -0.562. The number of thiazole rings is 1. The standard InChI is InChI=1S/C17H15BrFN3O2S/c1-7-21-13(15(25-7)8-2-3-12(19)11(18)5-8)17(24)22-6-9-4-10(9)14(22)16(20)23/h2-3,5,9-10,14H,4,6H2,1H3,(H2,20,23)/t9-,10?,14-/m0/s1. The third-order valence-electron chi connectivity index (χ3n) is 4.82. The second-order valence-electron chi connectivity index (χ2n) is 6.50. The number of carbonyl (C=O) groups is 2. The topological polar surface area (TPSA) is 76.3 Å². The Bertz CT molecular complexity index is 900. The highest BCUT2D eigenvalue weighted by atomic mass is 79.9. The fraction of sp³-hybridized carbons (Fsp3) is 0.353. The van der Waals surface area contributed by atoms with Gasteiger partial charge in [0.25, 0.3) is 5.91 Å². The van der Waals surface area contributed by atoms with Crippen LogP contribution in [0, 0.1) is 24.6 Å². The van der Waals surface area contributed by atoms with Gasteiger partial charge >= 0.3 is 0 Å². The predicted octanol–water partition coefficient (Wildman–Crippen LogP) is 2.97. The molecule has 2 N–H and O–H groups in total. The maximum atomic E-state index is 13.5. The number of rotatable bonds is 3. The maximum Gasteiger partial charge on any atom is 0.274 e. The molecule has 1 saturated heterocycles. The zero-order valence-electron chi connectivity index (χ0n) is 13.3. The first-order chi connectivity index (χ1) is 11.9. The minimum absolute atomic E-state index is 0.185. The lowest BCUT2D eigenvalue weighted by molar-refractivity contribution is -0.122. The number of primary amides is 1. The SMILES string of the molecule is Cc1nc(C(=O)N2C[C@@H]3CC3[C@H]2C(N)=O)c(-c2ccc(F)c(Br)c2)s1. The second-order valence-corrected chi connectivity index (χ2v) is 8.56. The van der Waals surface area contributed by atoms with Gasteiger partial charge < -0.3 is 10.6 Å². The van der Waals surface area contributed by atoms with Crippen molar-refractivity contribution in [3.05, 3.63) is 39.2 Å². The van der Waals surface area contributed by atoms with E-state index >= 15 is 0 Å². The maximum absolute atomic E-state index is 13.5. The van der Waals surface area contributed by atoms with E-state index in [0.29, 0.717) is 33.1 Å². The Hall–Kier alpha value is -1.80. The highest BCUT2D eigenvalue weighted by molar-refractivity contribution is 9.10. The highest BCUT2D eigenvalue weighted by Crippen LogP contribution is 2.50. The summed E-state index contributed by atoms with van der Waals surface area (Å²) in [5.41, 5.74) is 6.52. The smallest absolute Gasteiger partial charge is 0.274 e. The van der Waals surface area contributed by atoms with Crippen molar-refractivity contribution in [2.24, 2.45) is 17.6 Å². The summed E-state index contributed by atoms with van der Waals surface area (Å²) < 4.78 is 13.9. The van der Waals surface area contributed by atoms with Crippen molar-refractivity contribution < 1.29 is 14.0 Å². The number of aryl methyl sites for hydroxylation is 1. The number of carbonyl (C=O) groups excluding carboxylic acids is 2. The molecule has 8 heteroatoms. The van der Waals surface area contributed by atoms with Crippen LogP contribution in [-0.2, 0) is 4.79 Å². The summed E-state index contributed by atoms with van der Waals surface area (Å²) in [6.07, 6.45) is 0.950. The van der Waals surface area contributed by atoms with Gasteiger partial charge in [-0.2, -0.15) is 0 Å². The number of piperidine rings is 1. The summed E-state index contributed by atoms with van der Waals surface area (Å²) >= 11 is 4.55. The number of hydrogen-bond acceptors (Lipinski definition) is 4. The van der Waals surface area contributed by atoms with Crippen LogP contribution in [0.2, 0.25) is 0 Å². The van der Waals surface area contributed by atoms with E-state index < -0.39 is 11.9 Å². The monoisotopic (exact) mass is 423 g/mol. The fourth-order valence-corrected chi connectivity index (χ4v) is 4.87. The van der Waals surface area contributed by atoms with Crippen LogP contribution in [-0.4, -0.2) is 34.3 Å². The number of nitrogens with zero attached hydrogens (tertiary/aromatic N) is 2. The van der Waals surface area contributed by atoms with Crippen molar-refractivity contribution in [1.29, 1.82) is 0 Å². The van der Waals surface area contributed by atoms with Crippen LogP contribution in [0.5, 0.6) is 0 Å². The first-order valence-electron chi connectivity index (χ1n) is 7.90. The van der Waals surface area contributed by atoms with Crippen LogP contribution in [0.1, 0.15) is 21.9 Å². The third kappa shape index (κ3) is 2.77. The first kappa shape index (κ1) is 16.7. The Morgan fingerprint density at radius 2 is 2.20 bits per heavy atom. The molecule has 2 aliphatic rings. The van der Waals surface area contributed by atoms with E-state index in [-0.39, 0.29) is 17.6 Å². The minimum Gasteiger partial charge on any atom is -0.368 e. The highest BCUT2D eigenvalue weighted by Gasteiger charge is 2.56.